The zero-order valence-electron chi connectivity index (χ0n) is 23.4. The van der Waals surface area contributed by atoms with Crippen LogP contribution in [0.2, 0.25) is 0 Å². The molecule has 14 heteroatoms. The van der Waals surface area contributed by atoms with Crippen molar-refractivity contribution in [1.82, 2.24) is 0 Å². The highest BCUT2D eigenvalue weighted by atomic mass is 32.2. The van der Waals surface area contributed by atoms with Gasteiger partial charge in [-0.25, -0.2) is 0 Å². The van der Waals surface area contributed by atoms with E-state index in [-0.39, 0.29) is 33.9 Å². The van der Waals surface area contributed by atoms with Gasteiger partial charge in [-0.1, -0.05) is 50.1 Å². The van der Waals surface area contributed by atoms with E-state index in [4.69, 9.17) is 0 Å². The standard InChI is InChI=1S/C30H25N5O8S/c1-2-3-4-5-14-31-25-12-6-19(23-10-8-21(32(36)37)17-27(23)34(40)41)15-29(25)44-30-16-20(7-13-26(30)31)24-11-9-22(33(38)39)18-28(24)35(42)43/h6-13,15-18H,2-5,14H2,1H3. The molecule has 1 heterocycles. The molecule has 0 amide bonds. The molecular formula is C30H25N5O8S. The monoisotopic (exact) mass is 615 g/mol. The Labute approximate surface area is 254 Å². The SMILES string of the molecule is CCCCCCN1c2ccc(-c3ccc([N+](=O)[O-])cc3[N+](=O)[O-])cc2Sc2cc(-c3ccc([N+](=O)[O-])cc3[N+](=O)[O-])ccc21. The first kappa shape index (κ1) is 30.1. The topological polar surface area (TPSA) is 176 Å². The number of non-ortho nitro benzene ring substituents is 2. The van der Waals surface area contributed by atoms with Gasteiger partial charge in [0, 0.05) is 28.5 Å². The first-order chi connectivity index (χ1) is 21.1. The van der Waals surface area contributed by atoms with E-state index in [1.807, 2.05) is 12.1 Å². The Bertz CT molecular complexity index is 1700. The highest BCUT2D eigenvalue weighted by Crippen LogP contribution is 2.51. The predicted molar refractivity (Wildman–Crippen MR) is 166 cm³/mol. The third-order valence-corrected chi connectivity index (χ3v) is 8.45. The van der Waals surface area contributed by atoms with Gasteiger partial charge < -0.3 is 4.90 Å². The van der Waals surface area contributed by atoms with Crippen molar-refractivity contribution in [3.05, 3.63) is 113 Å². The summed E-state index contributed by atoms with van der Waals surface area (Å²) >= 11 is 1.39. The average Bonchev–Trinajstić information content (AvgIpc) is 3.01. The fourth-order valence-corrected chi connectivity index (χ4v) is 6.39. The summed E-state index contributed by atoms with van der Waals surface area (Å²) in [6, 6.07) is 18.0. The Morgan fingerprint density at radius 1 is 0.591 bits per heavy atom. The van der Waals surface area contributed by atoms with Crippen molar-refractivity contribution in [2.75, 3.05) is 11.4 Å². The lowest BCUT2D eigenvalue weighted by Gasteiger charge is -2.33. The second kappa shape index (κ2) is 12.5. The number of anilines is 2. The van der Waals surface area contributed by atoms with E-state index in [2.05, 4.69) is 11.8 Å². The predicted octanol–water partition coefficient (Wildman–Crippen LogP) is 8.84. The summed E-state index contributed by atoms with van der Waals surface area (Å²) in [5, 5.41) is 46.1. The van der Waals surface area contributed by atoms with Crippen LogP contribution in [0, 0.1) is 40.5 Å². The molecule has 0 spiro atoms. The van der Waals surface area contributed by atoms with Crippen LogP contribution in [0.5, 0.6) is 0 Å². The van der Waals surface area contributed by atoms with Crippen LogP contribution in [0.3, 0.4) is 0 Å². The zero-order valence-corrected chi connectivity index (χ0v) is 24.2. The van der Waals surface area contributed by atoms with Crippen LogP contribution in [0.4, 0.5) is 34.1 Å². The minimum absolute atomic E-state index is 0.236. The maximum atomic E-state index is 11.8. The third-order valence-electron chi connectivity index (χ3n) is 7.36. The summed E-state index contributed by atoms with van der Waals surface area (Å²) < 4.78 is 0. The van der Waals surface area contributed by atoms with Gasteiger partial charge in [-0.05, 0) is 53.9 Å². The Morgan fingerprint density at radius 2 is 1.07 bits per heavy atom. The van der Waals surface area contributed by atoms with Crippen LogP contribution >= 0.6 is 11.8 Å². The van der Waals surface area contributed by atoms with Crippen molar-refractivity contribution in [3.63, 3.8) is 0 Å². The third kappa shape index (κ3) is 5.92. The number of fused-ring (bicyclic) bond motifs is 2. The quantitative estimate of drug-likeness (QED) is 0.0899. The molecule has 13 nitrogen and oxygen atoms in total. The van der Waals surface area contributed by atoms with Crippen molar-refractivity contribution in [2.45, 2.75) is 42.4 Å². The second-order valence-electron chi connectivity index (χ2n) is 10.1. The summed E-state index contributed by atoms with van der Waals surface area (Å²) in [6.45, 7) is 2.81. The molecule has 0 saturated heterocycles. The maximum Gasteiger partial charge on any atom is 0.284 e. The fourth-order valence-electron chi connectivity index (χ4n) is 5.22. The van der Waals surface area contributed by atoms with Gasteiger partial charge >= 0.3 is 0 Å². The largest absolute Gasteiger partial charge is 0.340 e. The second-order valence-corrected chi connectivity index (χ2v) is 11.2. The minimum atomic E-state index is -0.681. The van der Waals surface area contributed by atoms with E-state index in [1.165, 1.54) is 36.0 Å². The number of rotatable bonds is 11. The minimum Gasteiger partial charge on any atom is -0.340 e. The molecule has 44 heavy (non-hydrogen) atoms. The van der Waals surface area contributed by atoms with Gasteiger partial charge in [0.05, 0.1) is 54.3 Å². The van der Waals surface area contributed by atoms with Crippen LogP contribution < -0.4 is 4.90 Å². The first-order valence-corrected chi connectivity index (χ1v) is 14.5. The molecule has 0 atom stereocenters. The highest BCUT2D eigenvalue weighted by molar-refractivity contribution is 7.99. The number of hydrogen-bond donors (Lipinski definition) is 0. The molecule has 0 saturated carbocycles. The molecule has 0 bridgehead atoms. The number of nitro groups is 4. The summed E-state index contributed by atoms with van der Waals surface area (Å²) in [4.78, 5) is 47.2. The van der Waals surface area contributed by atoms with Crippen molar-refractivity contribution >= 4 is 45.9 Å². The van der Waals surface area contributed by atoms with Gasteiger partial charge in [0.15, 0.2) is 0 Å². The van der Waals surface area contributed by atoms with Crippen molar-refractivity contribution < 1.29 is 19.7 Å². The molecule has 4 aromatic carbocycles. The van der Waals surface area contributed by atoms with E-state index in [9.17, 15) is 40.5 Å². The Morgan fingerprint density at radius 3 is 1.48 bits per heavy atom. The lowest BCUT2D eigenvalue weighted by molar-refractivity contribution is -0.394. The maximum absolute atomic E-state index is 11.8. The summed E-state index contributed by atoms with van der Waals surface area (Å²) in [6.07, 6.45) is 4.07. The molecule has 0 aromatic heterocycles. The van der Waals surface area contributed by atoms with Gasteiger partial charge in [0.1, 0.15) is 0 Å². The van der Waals surface area contributed by atoms with Crippen LogP contribution in [0.15, 0.2) is 82.6 Å². The number of unbranched alkanes of at least 4 members (excludes halogenated alkanes) is 3. The van der Waals surface area contributed by atoms with Crippen LogP contribution in [-0.2, 0) is 0 Å². The molecule has 224 valence electrons. The average molecular weight is 616 g/mol. The molecule has 0 aliphatic carbocycles. The molecule has 0 fully saturated rings. The molecular weight excluding hydrogens is 590 g/mol. The summed E-state index contributed by atoms with van der Waals surface area (Å²) in [7, 11) is 0. The zero-order chi connectivity index (χ0) is 31.5. The molecule has 5 rings (SSSR count). The fraction of sp³-hybridized carbons (Fsp3) is 0.200. The van der Waals surface area contributed by atoms with E-state index in [1.54, 1.807) is 24.3 Å². The van der Waals surface area contributed by atoms with E-state index >= 15 is 0 Å². The molecule has 4 aromatic rings. The van der Waals surface area contributed by atoms with Gasteiger partial charge in [-0.3, -0.25) is 40.5 Å². The molecule has 0 unspecified atom stereocenters. The lowest BCUT2D eigenvalue weighted by atomic mass is 10.0. The molecule has 1 aliphatic heterocycles. The molecule has 0 radical (unpaired) electrons. The van der Waals surface area contributed by atoms with Gasteiger partial charge in [0.25, 0.3) is 22.7 Å². The number of benzene rings is 4. The Kier molecular flexibility index (Phi) is 8.53. The number of nitro benzene ring substituents is 4. The summed E-state index contributed by atoms with van der Waals surface area (Å²) in [5.74, 6) is 0. The van der Waals surface area contributed by atoms with Gasteiger partial charge in [0.2, 0.25) is 0 Å². The van der Waals surface area contributed by atoms with E-state index < -0.39 is 19.7 Å². The first-order valence-electron chi connectivity index (χ1n) is 13.7. The smallest absolute Gasteiger partial charge is 0.284 e. The number of hydrogen-bond acceptors (Lipinski definition) is 10. The van der Waals surface area contributed by atoms with Crippen LogP contribution in [0.25, 0.3) is 22.3 Å². The van der Waals surface area contributed by atoms with Crippen LogP contribution in [0.1, 0.15) is 32.6 Å². The Hall–Kier alpha value is -5.37. The van der Waals surface area contributed by atoms with Crippen molar-refractivity contribution in [1.29, 1.82) is 0 Å². The van der Waals surface area contributed by atoms with Crippen molar-refractivity contribution in [2.24, 2.45) is 0 Å². The molecule has 0 N–H and O–H groups in total. The Balaban J connectivity index is 1.60. The van der Waals surface area contributed by atoms with E-state index in [0.29, 0.717) is 17.7 Å². The van der Waals surface area contributed by atoms with Gasteiger partial charge in [-0.15, -0.1) is 0 Å². The summed E-state index contributed by atoms with van der Waals surface area (Å²) in [5.41, 5.74) is 1.74. The molecule has 1 aliphatic rings. The normalized spacial score (nSPS) is 11.9. The highest BCUT2D eigenvalue weighted by Gasteiger charge is 2.28. The van der Waals surface area contributed by atoms with Crippen LogP contribution in [-0.4, -0.2) is 26.2 Å². The lowest BCUT2D eigenvalue weighted by Crippen LogP contribution is -2.22. The number of nitrogens with zero attached hydrogens (tertiary/aromatic N) is 5. The van der Waals surface area contributed by atoms with Gasteiger partial charge in [-0.2, -0.15) is 0 Å². The van der Waals surface area contributed by atoms with E-state index in [0.717, 1.165) is 59.0 Å². The van der Waals surface area contributed by atoms with Crippen molar-refractivity contribution in [3.8, 4) is 22.3 Å².